The monoisotopic (exact) mass is 661 g/mol. The summed E-state index contributed by atoms with van der Waals surface area (Å²) in [4.78, 5) is 30.6. The Kier molecular flexibility index (Phi) is 8.28. The maximum Gasteiger partial charge on any atom is 0.271 e. The van der Waals surface area contributed by atoms with Gasteiger partial charge in [0, 0.05) is 23.3 Å². The number of methoxy groups -OCH3 is 3. The van der Waals surface area contributed by atoms with Crippen LogP contribution < -0.4 is 33.8 Å². The highest BCUT2D eigenvalue weighted by Gasteiger charge is 2.34. The minimum absolute atomic E-state index is 0.0184. The lowest BCUT2D eigenvalue weighted by molar-refractivity contribution is -0.384. The van der Waals surface area contributed by atoms with E-state index in [1.165, 1.54) is 29.0 Å². The molecule has 5 aromatic rings. The van der Waals surface area contributed by atoms with E-state index in [1.54, 1.807) is 44.1 Å². The third-order valence-corrected chi connectivity index (χ3v) is 9.61. The quantitative estimate of drug-likeness (QED) is 0.144. The minimum atomic E-state index is -0.438. The van der Waals surface area contributed by atoms with Crippen molar-refractivity contribution in [3.8, 4) is 23.0 Å². The first kappa shape index (κ1) is 30.9. The molecule has 2 aliphatic rings. The molecule has 2 heterocycles. The number of nitrogens with zero attached hydrogens (tertiary/aromatic N) is 3. The zero-order valence-electron chi connectivity index (χ0n) is 26.5. The third-order valence-electron chi connectivity index (χ3n) is 8.63. The van der Waals surface area contributed by atoms with Crippen LogP contribution in [0.15, 0.2) is 100 Å². The molecule has 7 rings (SSSR count). The van der Waals surface area contributed by atoms with E-state index >= 15 is 0 Å². The molecular weight excluding hydrogens is 630 g/mol. The van der Waals surface area contributed by atoms with Crippen LogP contribution in [0.4, 0.5) is 5.69 Å². The Balaban J connectivity index is 1.30. The molecule has 0 saturated heterocycles. The van der Waals surface area contributed by atoms with Crippen LogP contribution in [-0.4, -0.2) is 30.8 Å². The van der Waals surface area contributed by atoms with Crippen LogP contribution >= 0.6 is 11.3 Å². The van der Waals surface area contributed by atoms with Crippen LogP contribution in [0.3, 0.4) is 0 Å². The molecule has 11 heteroatoms. The first-order valence-electron chi connectivity index (χ1n) is 15.3. The zero-order chi connectivity index (χ0) is 33.4. The summed E-state index contributed by atoms with van der Waals surface area (Å²) < 4.78 is 25.3. The molecule has 0 bridgehead atoms. The normalized spacial score (nSPS) is 15.1. The predicted octanol–water partition coefficient (Wildman–Crippen LogP) is 5.83. The van der Waals surface area contributed by atoms with Gasteiger partial charge in [-0.05, 0) is 83.6 Å². The van der Waals surface area contributed by atoms with E-state index in [2.05, 4.69) is 12.1 Å². The molecule has 0 spiro atoms. The minimum Gasteiger partial charge on any atom is -0.497 e. The summed E-state index contributed by atoms with van der Waals surface area (Å²) in [7, 11) is 4.81. The molecule has 1 aliphatic heterocycles. The average Bonchev–Trinajstić information content (AvgIpc) is 3.43. The average molecular weight is 662 g/mol. The lowest BCUT2D eigenvalue weighted by atomic mass is 9.83. The van der Waals surface area contributed by atoms with Crippen LogP contribution in [-0.2, 0) is 13.0 Å². The summed E-state index contributed by atoms with van der Waals surface area (Å²) in [6, 6.07) is 25.2. The highest BCUT2D eigenvalue weighted by atomic mass is 32.1. The fourth-order valence-electron chi connectivity index (χ4n) is 6.27. The Morgan fingerprint density at radius 1 is 0.917 bits per heavy atom. The second-order valence-electron chi connectivity index (χ2n) is 11.3. The summed E-state index contributed by atoms with van der Waals surface area (Å²) in [5.74, 6) is 2.33. The fourth-order valence-corrected chi connectivity index (χ4v) is 7.27. The molecule has 0 amide bonds. The van der Waals surface area contributed by atoms with Gasteiger partial charge in [-0.3, -0.25) is 19.5 Å². The number of aryl methyl sites for hydroxylation is 1. The van der Waals surface area contributed by atoms with Crippen molar-refractivity contribution in [1.82, 2.24) is 4.57 Å². The molecule has 1 atom stereocenters. The summed E-state index contributed by atoms with van der Waals surface area (Å²) in [5.41, 5.74) is 6.51. The van der Waals surface area contributed by atoms with Crippen molar-refractivity contribution in [1.29, 1.82) is 0 Å². The van der Waals surface area contributed by atoms with Gasteiger partial charge in [-0.25, -0.2) is 4.99 Å². The standard InChI is InChI=1S/C37H31N3O7S/c1-44-26-14-17-30(45-2)29(20-26)35-28-15-11-24-6-4-5-7-27(24)34(28)38-37-39(35)36(41)33(48-37)19-23-10-16-31(32(18-23)46-3)47-21-22-8-12-25(13-9-22)40(42)43/h4-10,12-14,16-20,35H,11,15,21H2,1-3H3/b33-19-/t35-/m0/s1. The van der Waals surface area contributed by atoms with Crippen molar-refractivity contribution in [2.45, 2.75) is 25.5 Å². The molecule has 10 nitrogen and oxygen atoms in total. The van der Waals surface area contributed by atoms with Crippen molar-refractivity contribution >= 4 is 28.8 Å². The third kappa shape index (κ3) is 5.62. The Hall–Kier alpha value is -5.68. The highest BCUT2D eigenvalue weighted by Crippen LogP contribution is 2.44. The van der Waals surface area contributed by atoms with E-state index in [0.717, 1.165) is 46.4 Å². The number of rotatable bonds is 9. The molecule has 4 aromatic carbocycles. The van der Waals surface area contributed by atoms with Crippen LogP contribution in [0, 0.1) is 10.1 Å². The van der Waals surface area contributed by atoms with Crippen molar-refractivity contribution in [2.75, 3.05) is 21.3 Å². The van der Waals surface area contributed by atoms with Gasteiger partial charge in [0.05, 0.1) is 42.5 Å². The molecule has 48 heavy (non-hydrogen) atoms. The smallest absolute Gasteiger partial charge is 0.271 e. The van der Waals surface area contributed by atoms with Crippen LogP contribution in [0.5, 0.6) is 23.0 Å². The van der Waals surface area contributed by atoms with Gasteiger partial charge in [0.2, 0.25) is 0 Å². The molecule has 0 unspecified atom stereocenters. The van der Waals surface area contributed by atoms with Crippen LogP contribution in [0.2, 0.25) is 0 Å². The SMILES string of the molecule is COc1ccc(OC)c([C@@H]2C3=C(N=c4s/c(=C\c5ccc(OCc6ccc([N+](=O)[O-])cc6)c(OC)c5)c(=O)n42)c2ccccc2CC3)c1. The lowest BCUT2D eigenvalue weighted by Gasteiger charge is -2.31. The molecule has 0 N–H and O–H groups in total. The molecule has 0 saturated carbocycles. The molecule has 0 radical (unpaired) electrons. The lowest BCUT2D eigenvalue weighted by Crippen LogP contribution is -2.39. The number of hydrogen-bond donors (Lipinski definition) is 0. The van der Waals surface area contributed by atoms with Gasteiger partial charge in [0.15, 0.2) is 16.3 Å². The Morgan fingerprint density at radius 2 is 1.69 bits per heavy atom. The summed E-state index contributed by atoms with van der Waals surface area (Å²) in [5, 5.41) is 11.0. The van der Waals surface area contributed by atoms with Crippen molar-refractivity contribution in [3.05, 3.63) is 148 Å². The second kappa shape index (κ2) is 12.8. The van der Waals surface area contributed by atoms with Gasteiger partial charge < -0.3 is 18.9 Å². The van der Waals surface area contributed by atoms with Gasteiger partial charge in [0.1, 0.15) is 18.1 Å². The number of allylic oxidation sites excluding steroid dienone is 1. The topological polar surface area (TPSA) is 114 Å². The van der Waals surface area contributed by atoms with Crippen molar-refractivity contribution in [3.63, 3.8) is 0 Å². The zero-order valence-corrected chi connectivity index (χ0v) is 27.3. The van der Waals surface area contributed by atoms with Crippen LogP contribution in [0.25, 0.3) is 11.8 Å². The first-order chi connectivity index (χ1) is 23.4. The highest BCUT2D eigenvalue weighted by molar-refractivity contribution is 7.07. The van der Waals surface area contributed by atoms with Crippen LogP contribution in [0.1, 0.15) is 40.3 Å². The Labute approximate surface area is 279 Å². The molecule has 1 aromatic heterocycles. The van der Waals surface area contributed by atoms with E-state index in [4.69, 9.17) is 23.9 Å². The molecule has 0 fully saturated rings. The number of fused-ring (bicyclic) bond motifs is 3. The Bertz CT molecular complexity index is 2270. The van der Waals surface area contributed by atoms with E-state index in [1.807, 2.05) is 48.5 Å². The number of nitro groups is 1. The molecule has 1 aliphatic carbocycles. The summed E-state index contributed by atoms with van der Waals surface area (Å²) in [6.07, 6.45) is 3.43. The van der Waals surface area contributed by atoms with E-state index < -0.39 is 11.0 Å². The number of non-ortho nitro benzene ring substituents is 1. The number of benzene rings is 4. The van der Waals surface area contributed by atoms with Gasteiger partial charge in [-0.1, -0.05) is 41.7 Å². The number of hydrogen-bond acceptors (Lipinski definition) is 9. The first-order valence-corrected chi connectivity index (χ1v) is 16.1. The van der Waals surface area contributed by atoms with E-state index in [-0.39, 0.29) is 17.9 Å². The maximum absolute atomic E-state index is 14.3. The molecular formula is C37H31N3O7S. The number of nitro benzene ring substituents is 1. The van der Waals surface area contributed by atoms with E-state index in [9.17, 15) is 14.9 Å². The van der Waals surface area contributed by atoms with Crippen molar-refractivity contribution < 1.29 is 23.9 Å². The maximum atomic E-state index is 14.3. The number of thiazole rings is 1. The van der Waals surface area contributed by atoms with Gasteiger partial charge >= 0.3 is 0 Å². The Morgan fingerprint density at radius 3 is 2.44 bits per heavy atom. The predicted molar refractivity (Wildman–Crippen MR) is 183 cm³/mol. The van der Waals surface area contributed by atoms with E-state index in [0.29, 0.717) is 32.3 Å². The number of aromatic nitrogens is 1. The van der Waals surface area contributed by atoms with Gasteiger partial charge in [0.25, 0.3) is 11.2 Å². The fraction of sp³-hybridized carbons (Fsp3) is 0.189. The molecule has 242 valence electrons. The summed E-state index contributed by atoms with van der Waals surface area (Å²) in [6.45, 7) is 0.202. The van der Waals surface area contributed by atoms with Gasteiger partial charge in [-0.2, -0.15) is 0 Å². The van der Waals surface area contributed by atoms with Crippen molar-refractivity contribution in [2.24, 2.45) is 4.99 Å². The van der Waals surface area contributed by atoms with Gasteiger partial charge in [-0.15, -0.1) is 0 Å². The summed E-state index contributed by atoms with van der Waals surface area (Å²) >= 11 is 1.34. The second-order valence-corrected chi connectivity index (χ2v) is 12.4. The number of ether oxygens (including phenoxy) is 4. The largest absolute Gasteiger partial charge is 0.497 e.